The zero-order chi connectivity index (χ0) is 29.5. The summed E-state index contributed by atoms with van der Waals surface area (Å²) in [6.45, 7) is 0. The molecule has 4 aliphatic carbocycles. The number of nitrogens with zero attached hydrogens (tertiary/aromatic N) is 5. The minimum absolute atomic E-state index is 0.133. The molecule has 0 aliphatic heterocycles. The Morgan fingerprint density at radius 1 is 0.929 bits per heavy atom. The van der Waals surface area contributed by atoms with E-state index in [2.05, 4.69) is 22.1 Å². The van der Waals surface area contributed by atoms with E-state index in [9.17, 15) is 19.5 Å². The van der Waals surface area contributed by atoms with E-state index in [1.54, 1.807) is 24.7 Å². The Bertz CT molecular complexity index is 1900. The molecule has 2 aromatic heterocycles. The summed E-state index contributed by atoms with van der Waals surface area (Å²) >= 11 is 0. The second-order valence-corrected chi connectivity index (χ2v) is 13.0. The fourth-order valence-electron chi connectivity index (χ4n) is 8.44. The van der Waals surface area contributed by atoms with Gasteiger partial charge in [0.15, 0.2) is 0 Å². The third-order valence-corrected chi connectivity index (χ3v) is 10.1. The molecule has 0 saturated heterocycles. The Labute approximate surface area is 242 Å². The Morgan fingerprint density at radius 3 is 2.07 bits per heavy atom. The molecule has 2 heterocycles. The van der Waals surface area contributed by atoms with Gasteiger partial charge in [0, 0.05) is 34.4 Å². The minimum atomic E-state index is -0.734. The number of rotatable bonds is 5. The fourth-order valence-corrected chi connectivity index (χ4v) is 8.44. The zero-order valence-corrected chi connectivity index (χ0v) is 24.4. The SMILES string of the molecule is CN(C)c1cc2c(cc1N=Cc1c(O)n(-c3ccc(C45CC6CC(CC(C6)C4)C5)cc3)c(=O)[nH]c1=O)n(C)c(=O)n2C. The number of aromatic hydroxyl groups is 1. The number of imidazole rings is 1. The topological polar surface area (TPSA) is 118 Å². The van der Waals surface area contributed by atoms with Crippen molar-refractivity contribution in [1.29, 1.82) is 0 Å². The van der Waals surface area contributed by atoms with Crippen LogP contribution in [-0.2, 0) is 19.5 Å². The number of hydrogen-bond acceptors (Lipinski definition) is 6. The lowest BCUT2D eigenvalue weighted by molar-refractivity contribution is -0.00518. The number of hydrogen-bond donors (Lipinski definition) is 2. The first kappa shape index (κ1) is 26.6. The summed E-state index contributed by atoms with van der Waals surface area (Å²) in [4.78, 5) is 47.0. The van der Waals surface area contributed by atoms with Gasteiger partial charge in [-0.25, -0.2) is 14.2 Å². The molecule has 8 rings (SSSR count). The van der Waals surface area contributed by atoms with Crippen LogP contribution < -0.4 is 21.8 Å². The average Bonchev–Trinajstić information content (AvgIpc) is 3.15. The zero-order valence-electron chi connectivity index (χ0n) is 24.4. The predicted octanol–water partition coefficient (Wildman–Crippen LogP) is 3.71. The molecule has 4 saturated carbocycles. The largest absolute Gasteiger partial charge is 0.493 e. The first-order chi connectivity index (χ1) is 20.0. The number of aromatic amines is 1. The number of aliphatic imine (C=N–C) groups is 1. The van der Waals surface area contributed by atoms with Gasteiger partial charge >= 0.3 is 11.4 Å². The monoisotopic (exact) mass is 568 g/mol. The third-order valence-electron chi connectivity index (χ3n) is 10.1. The van der Waals surface area contributed by atoms with Crippen molar-refractivity contribution in [3.63, 3.8) is 0 Å². The Balaban J connectivity index is 1.26. The number of nitrogens with one attached hydrogen (secondary N) is 1. The van der Waals surface area contributed by atoms with Crippen LogP contribution in [0.4, 0.5) is 11.4 Å². The van der Waals surface area contributed by atoms with Crippen molar-refractivity contribution in [2.45, 2.75) is 43.9 Å². The van der Waals surface area contributed by atoms with Gasteiger partial charge in [-0.05, 0) is 91.5 Å². The van der Waals surface area contributed by atoms with Crippen LogP contribution in [0.25, 0.3) is 16.7 Å². The van der Waals surface area contributed by atoms with E-state index < -0.39 is 17.1 Å². The molecular weight excluding hydrogens is 532 g/mol. The maximum Gasteiger partial charge on any atom is 0.335 e. The Hall–Kier alpha value is -4.34. The summed E-state index contributed by atoms with van der Waals surface area (Å²) in [5.74, 6) is 1.99. The molecule has 2 N–H and O–H groups in total. The van der Waals surface area contributed by atoms with Crippen molar-refractivity contribution < 1.29 is 5.11 Å². The van der Waals surface area contributed by atoms with Gasteiger partial charge < -0.3 is 10.0 Å². The molecule has 0 unspecified atom stereocenters. The standard InChI is InChI=1S/C32H36N6O4/c1-35(2)25-13-27-26(36(3)31(42)37(27)4)12-24(25)33-17-23-28(39)34-30(41)38(29(23)40)22-7-5-21(6-8-22)32-14-18-9-19(15-32)11-20(10-18)16-32/h5-8,12-13,17-20,40H,9-11,14-16H2,1-4H3,(H,34,39,41). The van der Waals surface area contributed by atoms with Gasteiger partial charge in [0.1, 0.15) is 5.56 Å². The molecule has 2 aromatic carbocycles. The van der Waals surface area contributed by atoms with Crippen molar-refractivity contribution in [1.82, 2.24) is 18.7 Å². The van der Waals surface area contributed by atoms with Crippen molar-refractivity contribution >= 4 is 28.6 Å². The van der Waals surface area contributed by atoms with Crippen LogP contribution in [0.15, 0.2) is 55.8 Å². The maximum atomic E-state index is 12.9. The first-order valence-electron chi connectivity index (χ1n) is 14.6. The van der Waals surface area contributed by atoms with E-state index in [1.807, 2.05) is 37.2 Å². The van der Waals surface area contributed by atoms with E-state index in [0.717, 1.165) is 33.5 Å². The number of benzene rings is 2. The van der Waals surface area contributed by atoms with Crippen LogP contribution in [0.1, 0.15) is 49.7 Å². The Morgan fingerprint density at radius 2 is 1.50 bits per heavy atom. The lowest BCUT2D eigenvalue weighted by Gasteiger charge is -2.57. The van der Waals surface area contributed by atoms with Crippen molar-refractivity contribution in [2.24, 2.45) is 36.8 Å². The number of anilines is 1. The van der Waals surface area contributed by atoms with E-state index in [1.165, 1.54) is 54.9 Å². The molecule has 10 nitrogen and oxygen atoms in total. The number of aryl methyl sites for hydroxylation is 2. The smallest absolute Gasteiger partial charge is 0.335 e. The van der Waals surface area contributed by atoms with Crippen molar-refractivity contribution in [3.8, 4) is 11.6 Å². The molecule has 4 fully saturated rings. The van der Waals surface area contributed by atoms with E-state index in [-0.39, 0.29) is 16.7 Å². The molecule has 0 amide bonds. The quantitative estimate of drug-likeness (QED) is 0.356. The molecule has 10 heteroatoms. The second-order valence-electron chi connectivity index (χ2n) is 13.0. The summed E-state index contributed by atoms with van der Waals surface area (Å²) in [6, 6.07) is 11.5. The first-order valence-corrected chi connectivity index (χ1v) is 14.6. The van der Waals surface area contributed by atoms with E-state index in [0.29, 0.717) is 16.9 Å². The summed E-state index contributed by atoms with van der Waals surface area (Å²) in [5, 5.41) is 11.2. The predicted molar refractivity (Wildman–Crippen MR) is 164 cm³/mol. The average molecular weight is 569 g/mol. The molecule has 42 heavy (non-hydrogen) atoms. The van der Waals surface area contributed by atoms with E-state index in [4.69, 9.17) is 0 Å². The molecule has 4 bridgehead atoms. The lowest BCUT2D eigenvalue weighted by atomic mass is 9.48. The van der Waals surface area contributed by atoms with Crippen LogP contribution in [0.5, 0.6) is 5.88 Å². The summed E-state index contributed by atoms with van der Waals surface area (Å²) in [6.07, 6.45) is 9.09. The number of fused-ring (bicyclic) bond motifs is 1. The van der Waals surface area contributed by atoms with Gasteiger partial charge in [-0.2, -0.15) is 0 Å². The lowest BCUT2D eigenvalue weighted by Crippen LogP contribution is -2.48. The fraction of sp³-hybridized carbons (Fsp3) is 0.438. The van der Waals surface area contributed by atoms with E-state index >= 15 is 0 Å². The van der Waals surface area contributed by atoms with Crippen molar-refractivity contribution in [3.05, 3.63) is 78.8 Å². The molecule has 0 atom stereocenters. The molecule has 4 aromatic rings. The van der Waals surface area contributed by atoms with Crippen LogP contribution >= 0.6 is 0 Å². The highest BCUT2D eigenvalue weighted by atomic mass is 16.3. The number of H-pyrrole nitrogens is 1. The van der Waals surface area contributed by atoms with Crippen molar-refractivity contribution in [2.75, 3.05) is 19.0 Å². The third kappa shape index (κ3) is 3.99. The van der Waals surface area contributed by atoms with Gasteiger partial charge in [-0.1, -0.05) is 12.1 Å². The maximum absolute atomic E-state index is 12.9. The minimum Gasteiger partial charge on any atom is -0.493 e. The van der Waals surface area contributed by atoms with Crippen LogP contribution in [0.3, 0.4) is 0 Å². The normalized spacial score (nSPS) is 24.7. The second kappa shape index (κ2) is 9.34. The molecule has 0 spiro atoms. The van der Waals surface area contributed by atoms with Gasteiger partial charge in [0.05, 0.1) is 28.1 Å². The van der Waals surface area contributed by atoms with Gasteiger partial charge in [-0.3, -0.25) is 23.9 Å². The summed E-state index contributed by atoms with van der Waals surface area (Å²) in [5.41, 5.74) is 2.93. The van der Waals surface area contributed by atoms with Gasteiger partial charge in [0.25, 0.3) is 5.56 Å². The summed E-state index contributed by atoms with van der Waals surface area (Å²) in [7, 11) is 7.12. The highest BCUT2D eigenvalue weighted by Crippen LogP contribution is 2.60. The highest BCUT2D eigenvalue weighted by molar-refractivity contribution is 5.91. The van der Waals surface area contributed by atoms with Crippen LogP contribution in [0, 0.1) is 17.8 Å². The number of aromatic nitrogens is 4. The molecule has 4 aliphatic rings. The van der Waals surface area contributed by atoms with Gasteiger partial charge in [-0.15, -0.1) is 0 Å². The highest BCUT2D eigenvalue weighted by Gasteiger charge is 2.51. The molecular formula is C32H36N6O4. The van der Waals surface area contributed by atoms with Crippen LogP contribution in [-0.4, -0.2) is 44.1 Å². The van der Waals surface area contributed by atoms with Crippen LogP contribution in [0.2, 0.25) is 0 Å². The summed E-state index contributed by atoms with van der Waals surface area (Å²) < 4.78 is 4.21. The Kier molecular flexibility index (Phi) is 5.90. The molecule has 0 radical (unpaired) electrons. The van der Waals surface area contributed by atoms with Gasteiger partial charge in [0.2, 0.25) is 5.88 Å². The molecule has 218 valence electrons.